The summed E-state index contributed by atoms with van der Waals surface area (Å²) in [7, 11) is 0. The number of allylic oxidation sites excluding steroid dienone is 1. The largest absolute Gasteiger partial charge is 0.481 e. The van der Waals surface area contributed by atoms with Gasteiger partial charge >= 0.3 is 5.97 Å². The number of oxime groups is 1. The number of hydrogen-bond acceptors (Lipinski definition) is 13. The fourth-order valence-electron chi connectivity index (χ4n) is 4.26. The molecule has 3 atom stereocenters. The Kier molecular flexibility index (Phi) is 9.45. The zero-order valence-corrected chi connectivity index (χ0v) is 26.0. The Morgan fingerprint density at radius 2 is 2.19 bits per heavy atom. The number of aromatic nitrogens is 5. The van der Waals surface area contributed by atoms with Gasteiger partial charge in [0.1, 0.15) is 29.1 Å². The Bertz CT molecular complexity index is 1600. The van der Waals surface area contributed by atoms with Gasteiger partial charge in [0, 0.05) is 23.4 Å². The van der Waals surface area contributed by atoms with Gasteiger partial charge in [-0.15, -0.1) is 34.8 Å². The van der Waals surface area contributed by atoms with Gasteiger partial charge in [-0.3, -0.25) is 14.4 Å². The van der Waals surface area contributed by atoms with Crippen LogP contribution >= 0.6 is 58.1 Å². The van der Waals surface area contributed by atoms with E-state index >= 15 is 0 Å². The fourth-order valence-corrected chi connectivity index (χ4v) is 7.87. The summed E-state index contributed by atoms with van der Waals surface area (Å²) in [5.74, 6) is -1.80. The number of nitrogens with two attached hydrogens (primary N) is 1. The van der Waals surface area contributed by atoms with Crippen LogP contribution in [0.5, 0.6) is 0 Å². The van der Waals surface area contributed by atoms with E-state index in [-0.39, 0.29) is 41.2 Å². The molecule has 43 heavy (non-hydrogen) atoms. The molecule has 4 N–H and O–H groups in total. The van der Waals surface area contributed by atoms with E-state index in [1.54, 1.807) is 29.7 Å². The lowest BCUT2D eigenvalue weighted by atomic mass is 9.89. The summed E-state index contributed by atoms with van der Waals surface area (Å²) in [6.07, 6.45) is 1.63. The smallest absolute Gasteiger partial charge is 0.313 e. The predicted molar refractivity (Wildman–Crippen MR) is 163 cm³/mol. The van der Waals surface area contributed by atoms with Crippen molar-refractivity contribution in [3.05, 3.63) is 57.5 Å². The molecular formula is C24H23Cl2N9O5S3. The van der Waals surface area contributed by atoms with Crippen LogP contribution in [0.1, 0.15) is 11.3 Å². The molecule has 0 spiro atoms. The molecule has 2 aromatic heterocycles. The van der Waals surface area contributed by atoms with Crippen LogP contribution in [0, 0.1) is 5.41 Å². The number of thioether (sulfide) groups is 2. The van der Waals surface area contributed by atoms with Crippen molar-refractivity contribution in [3.8, 4) is 0 Å². The minimum absolute atomic E-state index is 0.0167. The number of anilines is 1. The first-order valence-electron chi connectivity index (χ1n) is 12.4. The molecule has 4 heterocycles. The van der Waals surface area contributed by atoms with Gasteiger partial charge in [-0.05, 0) is 28.1 Å². The van der Waals surface area contributed by atoms with E-state index in [0.717, 1.165) is 11.3 Å². The summed E-state index contributed by atoms with van der Waals surface area (Å²) in [5.41, 5.74) is 5.19. The number of carbonyl (C=O) groups excluding carboxylic acids is 2. The van der Waals surface area contributed by atoms with Crippen molar-refractivity contribution in [1.82, 2.24) is 35.4 Å². The highest BCUT2D eigenvalue weighted by Gasteiger charge is 2.57. The number of nitrogen functional groups attached to an aromatic ring is 1. The summed E-state index contributed by atoms with van der Waals surface area (Å²) in [6, 6.07) is 4.03. The van der Waals surface area contributed by atoms with E-state index in [1.807, 2.05) is 0 Å². The molecule has 2 unspecified atom stereocenters. The average molecular weight is 685 g/mol. The number of β-lactam (4-membered cyclic amide) rings is 1. The minimum Gasteiger partial charge on any atom is -0.481 e. The van der Waals surface area contributed by atoms with E-state index in [0.29, 0.717) is 27.3 Å². The van der Waals surface area contributed by atoms with Gasteiger partial charge in [-0.2, -0.15) is 0 Å². The molecule has 0 aliphatic carbocycles. The first-order valence-corrected chi connectivity index (χ1v) is 16.1. The SMILES string of the molecule is C=CCn1nnnc1SCC1(C(=O)O)CS[C@@H]2C(NC(=O)C(=NOCc3ccc(Cl)c(Cl)c3)c3csc(N)n3)C(=O)N2C1. The second-order valence-corrected chi connectivity index (χ2v) is 13.2. The molecule has 0 bridgehead atoms. The van der Waals surface area contributed by atoms with Crippen LogP contribution in [0.25, 0.3) is 0 Å². The van der Waals surface area contributed by atoms with Gasteiger partial charge in [0.05, 0.1) is 16.6 Å². The molecule has 0 saturated carbocycles. The van der Waals surface area contributed by atoms with Crippen LogP contribution in [-0.2, 0) is 32.4 Å². The Balaban J connectivity index is 1.25. The molecule has 2 saturated heterocycles. The summed E-state index contributed by atoms with van der Waals surface area (Å²) in [4.78, 5) is 49.9. The number of hydrogen-bond donors (Lipinski definition) is 3. The molecule has 2 aliphatic rings. The van der Waals surface area contributed by atoms with Crippen LogP contribution in [-0.4, -0.2) is 88.2 Å². The molecule has 2 aliphatic heterocycles. The Morgan fingerprint density at radius 3 is 2.88 bits per heavy atom. The van der Waals surface area contributed by atoms with Crippen LogP contribution < -0.4 is 11.1 Å². The third-order valence-corrected chi connectivity index (χ3v) is 10.8. The van der Waals surface area contributed by atoms with Crippen molar-refractivity contribution < 1.29 is 24.3 Å². The highest BCUT2D eigenvalue weighted by molar-refractivity contribution is 8.00. The number of amides is 2. The van der Waals surface area contributed by atoms with Gasteiger partial charge < -0.3 is 25.9 Å². The van der Waals surface area contributed by atoms with Crippen molar-refractivity contribution in [1.29, 1.82) is 0 Å². The number of carboxylic acids is 1. The van der Waals surface area contributed by atoms with Crippen molar-refractivity contribution >= 4 is 86.7 Å². The Hall–Kier alpha value is -3.38. The highest BCUT2D eigenvalue weighted by Crippen LogP contribution is 2.44. The number of carboxylic acid groups (broad SMARTS) is 1. The maximum atomic E-state index is 13.3. The van der Waals surface area contributed by atoms with Crippen LogP contribution in [0.2, 0.25) is 10.0 Å². The number of nitrogens with zero attached hydrogens (tertiary/aromatic N) is 7. The highest BCUT2D eigenvalue weighted by atomic mass is 35.5. The quantitative estimate of drug-likeness (QED) is 0.0832. The molecule has 2 fully saturated rings. The topological polar surface area (TPSA) is 191 Å². The second-order valence-electron chi connectivity index (χ2n) is 9.46. The van der Waals surface area contributed by atoms with Crippen LogP contribution in [0.3, 0.4) is 0 Å². The van der Waals surface area contributed by atoms with Crippen molar-refractivity contribution in [2.45, 2.75) is 29.7 Å². The molecule has 1 aromatic carbocycles. The van der Waals surface area contributed by atoms with Crippen LogP contribution in [0.4, 0.5) is 5.13 Å². The Labute approximate surface area is 267 Å². The van der Waals surface area contributed by atoms with Crippen molar-refractivity contribution in [2.24, 2.45) is 10.6 Å². The molecule has 226 valence electrons. The first kappa shape index (κ1) is 31.1. The third kappa shape index (κ3) is 6.59. The van der Waals surface area contributed by atoms with Crippen molar-refractivity contribution in [3.63, 3.8) is 0 Å². The van der Waals surface area contributed by atoms with E-state index in [1.165, 1.54) is 33.1 Å². The molecule has 0 radical (unpaired) electrons. The molecule has 2 amide bonds. The Morgan fingerprint density at radius 1 is 1.37 bits per heavy atom. The van der Waals surface area contributed by atoms with E-state index < -0.39 is 34.6 Å². The monoisotopic (exact) mass is 683 g/mol. The summed E-state index contributed by atoms with van der Waals surface area (Å²) in [5, 5.41) is 30.8. The van der Waals surface area contributed by atoms with E-state index in [9.17, 15) is 19.5 Å². The average Bonchev–Trinajstić information content (AvgIpc) is 3.63. The van der Waals surface area contributed by atoms with E-state index in [2.05, 4.69) is 37.6 Å². The molecule has 5 rings (SSSR count). The number of thiazole rings is 1. The third-order valence-electron chi connectivity index (χ3n) is 6.51. The maximum absolute atomic E-state index is 13.3. The van der Waals surface area contributed by atoms with Gasteiger partial charge in [0.2, 0.25) is 11.1 Å². The van der Waals surface area contributed by atoms with Gasteiger partial charge in [-0.25, -0.2) is 9.67 Å². The number of fused-ring (bicyclic) bond motifs is 1. The minimum atomic E-state index is -1.25. The maximum Gasteiger partial charge on any atom is 0.313 e. The number of carbonyl (C=O) groups is 3. The van der Waals surface area contributed by atoms with Gasteiger partial charge in [0.15, 0.2) is 10.8 Å². The molecule has 3 aromatic rings. The van der Waals surface area contributed by atoms with Crippen molar-refractivity contribution in [2.75, 3.05) is 23.8 Å². The number of nitrogens with one attached hydrogen (secondary N) is 1. The molecule has 19 heteroatoms. The second kappa shape index (κ2) is 13.1. The summed E-state index contributed by atoms with van der Waals surface area (Å²) >= 11 is 15.6. The van der Waals surface area contributed by atoms with Gasteiger partial charge in [-0.1, -0.05) is 52.3 Å². The lowest BCUT2D eigenvalue weighted by Gasteiger charge is -2.53. The standard InChI is InChI=1S/C24H23Cl2N9O5S3/c1-2-5-35-23(30-32-33-35)43-11-24(21(38)39)9-34-19(37)17(20(34)42-10-24)29-18(36)16(15-8-41-22(27)28-15)31-40-7-12-3-4-13(25)14(26)6-12/h2-4,6,8,17,20H,1,5,7,9-11H2,(H2,27,28)(H,29,36)(H,38,39)/t17?,20-,24?/m1/s1. The summed E-state index contributed by atoms with van der Waals surface area (Å²) < 4.78 is 1.51. The number of halogens is 2. The number of rotatable bonds is 12. The fraction of sp³-hybridized carbons (Fsp3) is 0.333. The van der Waals surface area contributed by atoms with Gasteiger partial charge in [0.25, 0.3) is 5.91 Å². The number of tetrazole rings is 1. The molecular weight excluding hydrogens is 661 g/mol. The first-order chi connectivity index (χ1) is 20.6. The zero-order chi connectivity index (χ0) is 30.7. The van der Waals surface area contributed by atoms with Crippen LogP contribution in [0.15, 0.2) is 46.5 Å². The zero-order valence-electron chi connectivity index (χ0n) is 22.1. The normalized spacial score (nSPS) is 21.6. The number of benzene rings is 1. The lowest BCUT2D eigenvalue weighted by Crippen LogP contribution is -2.74. The lowest BCUT2D eigenvalue weighted by molar-refractivity contribution is -0.157. The summed E-state index contributed by atoms with van der Waals surface area (Å²) in [6.45, 7) is 3.99. The molecule has 14 nitrogen and oxygen atoms in total. The van der Waals surface area contributed by atoms with E-state index in [4.69, 9.17) is 33.8 Å². The number of aliphatic carboxylic acids is 1. The predicted octanol–water partition coefficient (Wildman–Crippen LogP) is 2.39.